The topological polar surface area (TPSA) is 44.6 Å². The molecule has 0 amide bonds. The zero-order chi connectivity index (χ0) is 18.3. The van der Waals surface area contributed by atoms with Gasteiger partial charge in [-0.1, -0.05) is 6.07 Å². The predicted octanol–water partition coefficient (Wildman–Crippen LogP) is 3.31. The number of pyridine rings is 2. The lowest BCUT2D eigenvalue weighted by Gasteiger charge is -2.48. The minimum atomic E-state index is -4.50. The number of nitrogens with zero attached hydrogens (tertiary/aromatic N) is 5. The molecule has 2 aliphatic heterocycles. The average molecular weight is 361 g/mol. The van der Waals surface area contributed by atoms with Gasteiger partial charge in [0.1, 0.15) is 11.5 Å². The fraction of sp³-hybridized carbons (Fsp3) is 0.389. The number of likely N-dealkylation sites (tertiary alicyclic amines) is 1. The summed E-state index contributed by atoms with van der Waals surface area (Å²) in [6, 6.07) is 6.98. The molecule has 4 heterocycles. The quantitative estimate of drug-likeness (QED) is 0.841. The van der Waals surface area contributed by atoms with Gasteiger partial charge in [-0.2, -0.15) is 13.2 Å². The van der Waals surface area contributed by atoms with Crippen molar-refractivity contribution in [1.82, 2.24) is 14.9 Å². The normalized spacial score (nSPS) is 22.8. The third kappa shape index (κ3) is 2.94. The van der Waals surface area contributed by atoms with Gasteiger partial charge in [-0.25, -0.2) is 4.98 Å². The van der Waals surface area contributed by atoms with Crippen molar-refractivity contribution in [3.8, 4) is 0 Å². The molecule has 0 spiro atoms. The molecule has 1 saturated heterocycles. The molecule has 0 radical (unpaired) electrons. The maximum Gasteiger partial charge on any atom is 0.433 e. The molecule has 2 aromatic heterocycles. The van der Waals surface area contributed by atoms with E-state index in [0.29, 0.717) is 11.9 Å². The van der Waals surface area contributed by atoms with E-state index in [2.05, 4.69) is 26.8 Å². The number of anilines is 1. The second-order valence-electron chi connectivity index (χ2n) is 6.55. The van der Waals surface area contributed by atoms with Crippen LogP contribution in [-0.4, -0.2) is 40.0 Å². The molecule has 5 nitrogen and oxygen atoms in total. The summed E-state index contributed by atoms with van der Waals surface area (Å²) in [5, 5.41) is 0. The van der Waals surface area contributed by atoms with Crippen LogP contribution in [0, 0.1) is 0 Å². The minimum Gasteiger partial charge on any atom is -0.317 e. The zero-order valence-electron chi connectivity index (χ0n) is 14.2. The Labute approximate surface area is 149 Å². The highest BCUT2D eigenvalue weighted by Crippen LogP contribution is 2.35. The summed E-state index contributed by atoms with van der Waals surface area (Å²) in [6.07, 6.45) is 0.764. The molecule has 0 bridgehead atoms. The number of alkyl halides is 3. The molecule has 2 atom stereocenters. The highest BCUT2D eigenvalue weighted by molar-refractivity contribution is 5.88. The largest absolute Gasteiger partial charge is 0.433 e. The van der Waals surface area contributed by atoms with E-state index in [1.54, 1.807) is 18.5 Å². The number of hydrogen-bond acceptors (Lipinski definition) is 5. The molecule has 0 N–H and O–H groups in total. The van der Waals surface area contributed by atoms with Gasteiger partial charge >= 0.3 is 6.18 Å². The van der Waals surface area contributed by atoms with Crippen LogP contribution in [0.5, 0.6) is 0 Å². The molecular formula is C18H18F3N5. The molecule has 2 aromatic rings. The maximum absolute atomic E-state index is 13.4. The first kappa shape index (κ1) is 17.0. The highest BCUT2D eigenvalue weighted by atomic mass is 19.4. The van der Waals surface area contributed by atoms with Crippen molar-refractivity contribution in [2.45, 2.75) is 38.4 Å². The summed E-state index contributed by atoms with van der Waals surface area (Å²) in [6.45, 7) is 3.00. The third-order valence-electron chi connectivity index (χ3n) is 4.88. The lowest BCUT2D eigenvalue weighted by atomic mass is 10.0. The van der Waals surface area contributed by atoms with Crippen molar-refractivity contribution in [3.63, 3.8) is 0 Å². The molecule has 2 unspecified atom stereocenters. The van der Waals surface area contributed by atoms with Gasteiger partial charge in [0, 0.05) is 48.9 Å². The van der Waals surface area contributed by atoms with Gasteiger partial charge in [-0.05, 0) is 31.5 Å². The number of aromatic nitrogens is 2. The lowest BCUT2D eigenvalue weighted by molar-refractivity contribution is -0.141. The van der Waals surface area contributed by atoms with E-state index in [1.807, 2.05) is 11.0 Å². The standard InChI is InChI=1S/C18H18F3N5/c1-12-6-9-25(12)17-24-10-13-4-2-8-23-16(13)26(17)11-14-5-3-7-22-15(14)18(19,20)21/h2-5,7-8,10,12,17H,6,9,11H2,1H3. The number of halogens is 3. The first-order valence-electron chi connectivity index (χ1n) is 8.47. The number of hydrogen-bond donors (Lipinski definition) is 0. The van der Waals surface area contributed by atoms with Gasteiger partial charge in [0.2, 0.25) is 0 Å². The third-order valence-corrected chi connectivity index (χ3v) is 4.88. The Morgan fingerprint density at radius 1 is 1.15 bits per heavy atom. The van der Waals surface area contributed by atoms with Crippen molar-refractivity contribution in [1.29, 1.82) is 0 Å². The first-order chi connectivity index (χ1) is 12.4. The van der Waals surface area contributed by atoms with E-state index < -0.39 is 11.9 Å². The Bertz CT molecular complexity index is 836. The molecule has 0 aromatic carbocycles. The van der Waals surface area contributed by atoms with Crippen LogP contribution >= 0.6 is 0 Å². The van der Waals surface area contributed by atoms with Crippen LogP contribution < -0.4 is 4.90 Å². The summed E-state index contributed by atoms with van der Waals surface area (Å²) < 4.78 is 40.1. The Balaban J connectivity index is 1.73. The smallest absolute Gasteiger partial charge is 0.317 e. The fourth-order valence-corrected chi connectivity index (χ4v) is 3.39. The molecular weight excluding hydrogens is 343 g/mol. The van der Waals surface area contributed by atoms with Crippen molar-refractivity contribution in [3.05, 3.63) is 53.5 Å². The molecule has 2 aliphatic rings. The monoisotopic (exact) mass is 361 g/mol. The van der Waals surface area contributed by atoms with Crippen LogP contribution in [0.1, 0.15) is 30.2 Å². The van der Waals surface area contributed by atoms with Crippen LogP contribution in [-0.2, 0) is 12.7 Å². The number of fused-ring (bicyclic) bond motifs is 1. The summed E-state index contributed by atoms with van der Waals surface area (Å²) in [7, 11) is 0. The van der Waals surface area contributed by atoms with Crippen LogP contribution in [0.15, 0.2) is 41.7 Å². The highest BCUT2D eigenvalue weighted by Gasteiger charge is 2.39. The Kier molecular flexibility index (Phi) is 4.14. The van der Waals surface area contributed by atoms with E-state index in [0.717, 1.165) is 18.5 Å². The van der Waals surface area contributed by atoms with Crippen molar-refractivity contribution >= 4 is 12.0 Å². The predicted molar refractivity (Wildman–Crippen MR) is 91.8 cm³/mol. The first-order valence-corrected chi connectivity index (χ1v) is 8.47. The molecule has 4 rings (SSSR count). The SMILES string of the molecule is CC1CCN1C1N=Cc2cccnc2N1Cc1cccnc1C(F)(F)F. The minimum absolute atomic E-state index is 0.0396. The fourth-order valence-electron chi connectivity index (χ4n) is 3.39. The van der Waals surface area contributed by atoms with E-state index in [4.69, 9.17) is 0 Å². The van der Waals surface area contributed by atoms with Crippen molar-refractivity contribution in [2.75, 3.05) is 11.4 Å². The van der Waals surface area contributed by atoms with E-state index in [1.165, 1.54) is 18.3 Å². The summed E-state index contributed by atoms with van der Waals surface area (Å²) in [5.41, 5.74) is 0.0590. The van der Waals surface area contributed by atoms with Gasteiger partial charge in [0.05, 0.1) is 0 Å². The Hall–Kier alpha value is -2.48. The van der Waals surface area contributed by atoms with Crippen LogP contribution in [0.3, 0.4) is 0 Å². The zero-order valence-corrected chi connectivity index (χ0v) is 14.2. The number of aliphatic imine (C=N–C) groups is 1. The lowest BCUT2D eigenvalue weighted by Crippen LogP contribution is -2.58. The van der Waals surface area contributed by atoms with Crippen LogP contribution in [0.2, 0.25) is 0 Å². The average Bonchev–Trinajstić information content (AvgIpc) is 2.62. The van der Waals surface area contributed by atoms with Gasteiger partial charge in [-0.3, -0.25) is 14.9 Å². The maximum atomic E-state index is 13.4. The van der Waals surface area contributed by atoms with E-state index in [-0.39, 0.29) is 18.4 Å². The Morgan fingerprint density at radius 3 is 2.62 bits per heavy atom. The molecule has 0 saturated carbocycles. The van der Waals surface area contributed by atoms with Crippen LogP contribution in [0.25, 0.3) is 0 Å². The van der Waals surface area contributed by atoms with Crippen LogP contribution in [0.4, 0.5) is 19.0 Å². The van der Waals surface area contributed by atoms with E-state index in [9.17, 15) is 13.2 Å². The molecule has 1 fully saturated rings. The number of rotatable bonds is 3. The van der Waals surface area contributed by atoms with E-state index >= 15 is 0 Å². The second kappa shape index (κ2) is 6.35. The second-order valence-corrected chi connectivity index (χ2v) is 6.55. The molecule has 8 heteroatoms. The molecule has 136 valence electrons. The molecule has 0 aliphatic carbocycles. The van der Waals surface area contributed by atoms with Gasteiger partial charge in [-0.15, -0.1) is 0 Å². The summed E-state index contributed by atoms with van der Waals surface area (Å²) in [4.78, 5) is 16.6. The van der Waals surface area contributed by atoms with Crippen molar-refractivity contribution < 1.29 is 13.2 Å². The summed E-state index contributed by atoms with van der Waals surface area (Å²) in [5.74, 6) is 0.642. The van der Waals surface area contributed by atoms with Gasteiger partial charge in [0.15, 0.2) is 6.29 Å². The van der Waals surface area contributed by atoms with Gasteiger partial charge in [0.25, 0.3) is 0 Å². The van der Waals surface area contributed by atoms with Gasteiger partial charge < -0.3 is 4.90 Å². The van der Waals surface area contributed by atoms with Crippen molar-refractivity contribution in [2.24, 2.45) is 4.99 Å². The Morgan fingerprint density at radius 2 is 1.92 bits per heavy atom. The summed E-state index contributed by atoms with van der Waals surface area (Å²) >= 11 is 0. The molecule has 26 heavy (non-hydrogen) atoms.